The maximum Gasteiger partial charge on any atom is 0.237 e. The highest BCUT2D eigenvalue weighted by Gasteiger charge is 2.18. The molecule has 1 fully saturated rings. The monoisotopic (exact) mass is 291 g/mol. The van der Waals surface area contributed by atoms with Crippen molar-refractivity contribution < 1.29 is 4.79 Å². The predicted octanol–water partition coefficient (Wildman–Crippen LogP) is 1.77. The van der Waals surface area contributed by atoms with Crippen LogP contribution >= 0.6 is 12.4 Å². The first kappa shape index (κ1) is 18.7. The SMILES string of the molecule is CC(C)[C@H](N)C(=O)NCCCN1CCCCC1C.Cl. The maximum absolute atomic E-state index is 11.7. The van der Waals surface area contributed by atoms with Crippen molar-refractivity contribution in [3.05, 3.63) is 0 Å². The van der Waals surface area contributed by atoms with Crippen LogP contribution in [0, 0.1) is 5.92 Å². The van der Waals surface area contributed by atoms with Gasteiger partial charge in [-0.05, 0) is 38.6 Å². The molecule has 0 aromatic heterocycles. The molecule has 0 radical (unpaired) electrons. The van der Waals surface area contributed by atoms with Crippen molar-refractivity contribution in [2.45, 2.75) is 58.5 Å². The van der Waals surface area contributed by atoms with E-state index in [0.29, 0.717) is 6.04 Å². The zero-order valence-corrected chi connectivity index (χ0v) is 13.3. The minimum atomic E-state index is -0.376. The number of halogens is 1. The third-order valence-electron chi connectivity index (χ3n) is 3.88. The summed E-state index contributed by atoms with van der Waals surface area (Å²) in [7, 11) is 0. The summed E-state index contributed by atoms with van der Waals surface area (Å²) in [5, 5.41) is 2.93. The molecule has 0 aromatic rings. The minimum Gasteiger partial charge on any atom is -0.355 e. The van der Waals surface area contributed by atoms with Gasteiger partial charge in [-0.15, -0.1) is 12.4 Å². The summed E-state index contributed by atoms with van der Waals surface area (Å²) in [5.74, 6) is 0.184. The van der Waals surface area contributed by atoms with Crippen LogP contribution < -0.4 is 11.1 Å². The molecule has 4 nitrogen and oxygen atoms in total. The number of carbonyl (C=O) groups is 1. The Labute approximate surface area is 123 Å². The summed E-state index contributed by atoms with van der Waals surface area (Å²) in [6.07, 6.45) is 5.00. The Morgan fingerprint density at radius 1 is 1.42 bits per heavy atom. The Bertz CT molecular complexity index is 261. The number of nitrogens with zero attached hydrogens (tertiary/aromatic N) is 1. The standard InChI is InChI=1S/C14H29N3O.ClH/c1-11(2)13(15)14(18)16-8-6-10-17-9-5-4-7-12(17)3;/h11-13H,4-10,15H2,1-3H3,(H,16,18);1H/t12?,13-;/m0./s1. The average Bonchev–Trinajstić information content (AvgIpc) is 2.35. The molecule has 1 rings (SSSR count). The first-order valence-electron chi connectivity index (χ1n) is 7.29. The van der Waals surface area contributed by atoms with E-state index in [2.05, 4.69) is 17.1 Å². The Morgan fingerprint density at radius 2 is 2.11 bits per heavy atom. The predicted molar refractivity (Wildman–Crippen MR) is 82.6 cm³/mol. The number of amides is 1. The molecule has 114 valence electrons. The van der Waals surface area contributed by atoms with Crippen LogP contribution in [-0.4, -0.2) is 42.5 Å². The maximum atomic E-state index is 11.7. The lowest BCUT2D eigenvalue weighted by Crippen LogP contribution is -2.45. The number of nitrogens with two attached hydrogens (primary N) is 1. The molecule has 1 unspecified atom stereocenters. The molecule has 3 N–H and O–H groups in total. The van der Waals surface area contributed by atoms with E-state index in [4.69, 9.17) is 5.73 Å². The van der Waals surface area contributed by atoms with Gasteiger partial charge in [-0.2, -0.15) is 0 Å². The molecule has 5 heteroatoms. The fourth-order valence-corrected chi connectivity index (χ4v) is 2.40. The molecule has 0 aromatic carbocycles. The van der Waals surface area contributed by atoms with Crippen molar-refractivity contribution in [2.75, 3.05) is 19.6 Å². The second-order valence-corrected chi connectivity index (χ2v) is 5.80. The fraction of sp³-hybridized carbons (Fsp3) is 0.929. The van der Waals surface area contributed by atoms with Crippen LogP contribution in [0.2, 0.25) is 0 Å². The van der Waals surface area contributed by atoms with Crippen LogP contribution in [0.15, 0.2) is 0 Å². The fourth-order valence-electron chi connectivity index (χ4n) is 2.40. The van der Waals surface area contributed by atoms with E-state index >= 15 is 0 Å². The van der Waals surface area contributed by atoms with E-state index in [9.17, 15) is 4.79 Å². The van der Waals surface area contributed by atoms with Crippen LogP contribution in [0.3, 0.4) is 0 Å². The van der Waals surface area contributed by atoms with Gasteiger partial charge in [0, 0.05) is 19.1 Å². The van der Waals surface area contributed by atoms with Crippen molar-refractivity contribution in [2.24, 2.45) is 11.7 Å². The number of rotatable bonds is 6. The Balaban J connectivity index is 0.00000324. The van der Waals surface area contributed by atoms with Gasteiger partial charge in [-0.3, -0.25) is 4.79 Å². The van der Waals surface area contributed by atoms with Crippen molar-refractivity contribution in [1.29, 1.82) is 0 Å². The number of hydrogen-bond donors (Lipinski definition) is 2. The first-order valence-corrected chi connectivity index (χ1v) is 7.29. The van der Waals surface area contributed by atoms with E-state index in [-0.39, 0.29) is 30.3 Å². The quantitative estimate of drug-likeness (QED) is 0.733. The lowest BCUT2D eigenvalue weighted by atomic mass is 10.0. The largest absolute Gasteiger partial charge is 0.355 e. The van der Waals surface area contributed by atoms with E-state index in [1.165, 1.54) is 25.8 Å². The number of piperidine rings is 1. The molecule has 1 saturated heterocycles. The summed E-state index contributed by atoms with van der Waals surface area (Å²) in [4.78, 5) is 14.2. The normalized spacial score (nSPS) is 21.8. The minimum absolute atomic E-state index is 0. The number of carbonyl (C=O) groups excluding carboxylic acids is 1. The highest BCUT2D eigenvalue weighted by atomic mass is 35.5. The molecule has 0 aliphatic carbocycles. The third-order valence-corrected chi connectivity index (χ3v) is 3.88. The van der Waals surface area contributed by atoms with Gasteiger partial charge in [0.1, 0.15) is 0 Å². The van der Waals surface area contributed by atoms with Gasteiger partial charge >= 0.3 is 0 Å². The summed E-state index contributed by atoms with van der Waals surface area (Å²) in [6.45, 7) is 9.27. The molecule has 1 amide bonds. The molecule has 0 bridgehead atoms. The van der Waals surface area contributed by atoms with E-state index in [0.717, 1.165) is 19.5 Å². The van der Waals surface area contributed by atoms with Gasteiger partial charge in [0.2, 0.25) is 5.91 Å². The van der Waals surface area contributed by atoms with Gasteiger partial charge in [-0.25, -0.2) is 0 Å². The summed E-state index contributed by atoms with van der Waals surface area (Å²) < 4.78 is 0. The molecule has 19 heavy (non-hydrogen) atoms. The molecule has 2 atom stereocenters. The van der Waals surface area contributed by atoms with E-state index in [1.807, 2.05) is 13.8 Å². The first-order chi connectivity index (χ1) is 8.52. The number of hydrogen-bond acceptors (Lipinski definition) is 3. The Morgan fingerprint density at radius 3 is 2.68 bits per heavy atom. The summed E-state index contributed by atoms with van der Waals surface area (Å²) in [6, 6.07) is 0.325. The second-order valence-electron chi connectivity index (χ2n) is 5.80. The van der Waals surface area contributed by atoms with Crippen molar-refractivity contribution in [3.63, 3.8) is 0 Å². The van der Waals surface area contributed by atoms with E-state index in [1.54, 1.807) is 0 Å². The molecule has 1 heterocycles. The lowest BCUT2D eigenvalue weighted by Gasteiger charge is -2.33. The van der Waals surface area contributed by atoms with Gasteiger partial charge in [0.25, 0.3) is 0 Å². The van der Waals surface area contributed by atoms with Crippen LogP contribution in [0.5, 0.6) is 0 Å². The van der Waals surface area contributed by atoms with Crippen molar-refractivity contribution in [1.82, 2.24) is 10.2 Å². The Hall–Kier alpha value is -0.320. The third kappa shape index (κ3) is 6.59. The van der Waals surface area contributed by atoms with Crippen molar-refractivity contribution in [3.8, 4) is 0 Å². The van der Waals surface area contributed by atoms with Crippen LogP contribution in [-0.2, 0) is 4.79 Å². The zero-order valence-electron chi connectivity index (χ0n) is 12.5. The average molecular weight is 292 g/mol. The van der Waals surface area contributed by atoms with Crippen LogP contribution in [0.4, 0.5) is 0 Å². The van der Waals surface area contributed by atoms with Gasteiger partial charge < -0.3 is 16.0 Å². The summed E-state index contributed by atoms with van der Waals surface area (Å²) >= 11 is 0. The topological polar surface area (TPSA) is 58.4 Å². The number of likely N-dealkylation sites (tertiary alicyclic amines) is 1. The molecule has 1 aliphatic rings. The summed E-state index contributed by atoms with van der Waals surface area (Å²) in [5.41, 5.74) is 5.78. The molecule has 0 saturated carbocycles. The van der Waals surface area contributed by atoms with Gasteiger partial charge in [0.15, 0.2) is 0 Å². The van der Waals surface area contributed by atoms with Crippen LogP contribution in [0.1, 0.15) is 46.5 Å². The van der Waals surface area contributed by atoms with E-state index < -0.39 is 0 Å². The number of nitrogens with one attached hydrogen (secondary N) is 1. The molecular weight excluding hydrogens is 262 g/mol. The molecular formula is C14H30ClN3O. The van der Waals surface area contributed by atoms with Crippen LogP contribution in [0.25, 0.3) is 0 Å². The highest BCUT2D eigenvalue weighted by Crippen LogP contribution is 2.15. The highest BCUT2D eigenvalue weighted by molar-refractivity contribution is 5.85. The van der Waals surface area contributed by atoms with Crippen molar-refractivity contribution >= 4 is 18.3 Å². The van der Waals surface area contributed by atoms with Gasteiger partial charge in [-0.1, -0.05) is 20.3 Å². The molecule has 1 aliphatic heterocycles. The lowest BCUT2D eigenvalue weighted by molar-refractivity contribution is -0.123. The zero-order chi connectivity index (χ0) is 13.5. The smallest absolute Gasteiger partial charge is 0.237 e. The van der Waals surface area contributed by atoms with Gasteiger partial charge in [0.05, 0.1) is 6.04 Å². The second kappa shape index (κ2) is 9.56. The molecule has 0 spiro atoms. The Kier molecular flexibility index (Phi) is 9.40.